The molecule has 0 amide bonds. The maximum atomic E-state index is 9.99. The summed E-state index contributed by atoms with van der Waals surface area (Å²) in [7, 11) is 0. The third-order valence-electron chi connectivity index (χ3n) is 2.92. The molecule has 0 aliphatic carbocycles. The van der Waals surface area contributed by atoms with E-state index in [1.165, 1.54) is 6.07 Å². The van der Waals surface area contributed by atoms with Gasteiger partial charge in [0.15, 0.2) is 0 Å². The summed E-state index contributed by atoms with van der Waals surface area (Å²) in [6, 6.07) is 14.4. The van der Waals surface area contributed by atoms with Gasteiger partial charge < -0.3 is 14.9 Å². The van der Waals surface area contributed by atoms with E-state index in [9.17, 15) is 10.2 Å². The normalized spacial score (nSPS) is 17.6. The molecule has 90 valence electrons. The van der Waals surface area contributed by atoms with Gasteiger partial charge in [0.1, 0.15) is 11.5 Å². The number of fused-ring (bicyclic) bond motifs is 1. The first-order chi connectivity index (χ1) is 8.74. The highest BCUT2D eigenvalue weighted by molar-refractivity contribution is 5.86. The highest BCUT2D eigenvalue weighted by Crippen LogP contribution is 2.35. The maximum Gasteiger partial charge on any atom is 0.224 e. The van der Waals surface area contributed by atoms with E-state index in [4.69, 9.17) is 4.74 Å². The first kappa shape index (κ1) is 10.9. The summed E-state index contributed by atoms with van der Waals surface area (Å²) < 4.78 is 5.41. The molecule has 2 aromatic carbocycles. The Kier molecular flexibility index (Phi) is 2.54. The van der Waals surface area contributed by atoms with E-state index in [-0.39, 0.29) is 5.75 Å². The van der Waals surface area contributed by atoms with Crippen LogP contribution in [0.15, 0.2) is 48.5 Å². The van der Waals surface area contributed by atoms with Gasteiger partial charge in [0.25, 0.3) is 0 Å². The van der Waals surface area contributed by atoms with Crippen molar-refractivity contribution in [2.24, 2.45) is 0 Å². The molecule has 3 heteroatoms. The van der Waals surface area contributed by atoms with Crippen LogP contribution in [0.4, 0.5) is 0 Å². The summed E-state index contributed by atoms with van der Waals surface area (Å²) in [6.45, 7) is 0. The van der Waals surface area contributed by atoms with Gasteiger partial charge in [-0.3, -0.25) is 0 Å². The van der Waals surface area contributed by atoms with Crippen LogP contribution in [0.25, 0.3) is 11.6 Å². The number of aliphatic hydroxyl groups excluding tert-OH is 1. The van der Waals surface area contributed by atoms with Crippen molar-refractivity contribution in [2.75, 3.05) is 0 Å². The molecule has 3 rings (SSSR count). The fourth-order valence-corrected chi connectivity index (χ4v) is 2.02. The smallest absolute Gasteiger partial charge is 0.224 e. The summed E-state index contributed by atoms with van der Waals surface area (Å²) in [5.41, 5.74) is 2.48. The predicted octanol–water partition coefficient (Wildman–Crippen LogP) is 2.64. The number of aromatic hydroxyl groups is 1. The maximum absolute atomic E-state index is 9.99. The van der Waals surface area contributed by atoms with Gasteiger partial charge in [0.05, 0.1) is 0 Å². The molecular weight excluding hydrogens is 228 g/mol. The van der Waals surface area contributed by atoms with E-state index >= 15 is 0 Å². The first-order valence-electron chi connectivity index (χ1n) is 5.69. The molecule has 0 fully saturated rings. The van der Waals surface area contributed by atoms with Crippen molar-refractivity contribution in [3.8, 4) is 11.5 Å². The van der Waals surface area contributed by atoms with E-state index in [1.807, 2.05) is 36.4 Å². The fourth-order valence-electron chi connectivity index (χ4n) is 2.02. The van der Waals surface area contributed by atoms with Crippen LogP contribution in [0, 0.1) is 0 Å². The van der Waals surface area contributed by atoms with Crippen LogP contribution in [0.2, 0.25) is 0 Å². The second-order valence-corrected chi connectivity index (χ2v) is 4.16. The van der Waals surface area contributed by atoms with E-state index in [0.717, 1.165) is 11.1 Å². The average molecular weight is 240 g/mol. The number of hydrogen-bond acceptors (Lipinski definition) is 3. The van der Waals surface area contributed by atoms with E-state index in [1.54, 1.807) is 12.1 Å². The van der Waals surface area contributed by atoms with Gasteiger partial charge >= 0.3 is 0 Å². The standard InChI is InChI=1S/C15H12O3/c16-12-7-6-11-8-13(10-4-2-1-3-5-10)15(17)18-14(11)9-12/h1-9,15-17H/t15-/m1/s1. The highest BCUT2D eigenvalue weighted by atomic mass is 16.6. The summed E-state index contributed by atoms with van der Waals surface area (Å²) in [6.07, 6.45) is 0.861. The van der Waals surface area contributed by atoms with E-state index < -0.39 is 6.29 Å². The molecule has 1 aliphatic rings. The molecule has 0 bridgehead atoms. The highest BCUT2D eigenvalue weighted by Gasteiger charge is 2.21. The molecule has 1 atom stereocenters. The minimum atomic E-state index is -1.01. The van der Waals surface area contributed by atoms with Gasteiger partial charge in [0.2, 0.25) is 6.29 Å². The Bertz CT molecular complexity index is 602. The molecule has 0 unspecified atom stereocenters. The molecule has 3 nitrogen and oxygen atoms in total. The van der Waals surface area contributed by atoms with Crippen molar-refractivity contribution in [3.05, 3.63) is 59.7 Å². The number of benzene rings is 2. The number of ether oxygens (including phenoxy) is 1. The lowest BCUT2D eigenvalue weighted by Crippen LogP contribution is -2.20. The zero-order chi connectivity index (χ0) is 12.5. The largest absolute Gasteiger partial charge is 0.508 e. The number of aliphatic hydroxyl groups is 1. The Morgan fingerprint density at radius 1 is 1.00 bits per heavy atom. The molecule has 0 radical (unpaired) electrons. The predicted molar refractivity (Wildman–Crippen MR) is 69.1 cm³/mol. The minimum absolute atomic E-state index is 0.123. The Labute approximate surface area is 105 Å². The van der Waals surface area contributed by atoms with Crippen molar-refractivity contribution >= 4 is 11.6 Å². The van der Waals surface area contributed by atoms with Gasteiger partial charge in [-0.1, -0.05) is 30.3 Å². The lowest BCUT2D eigenvalue weighted by atomic mass is 9.99. The van der Waals surface area contributed by atoms with Crippen LogP contribution < -0.4 is 4.74 Å². The average Bonchev–Trinajstić information content (AvgIpc) is 2.39. The molecule has 18 heavy (non-hydrogen) atoms. The minimum Gasteiger partial charge on any atom is -0.508 e. The van der Waals surface area contributed by atoms with Crippen LogP contribution in [0.5, 0.6) is 11.5 Å². The fraction of sp³-hybridized carbons (Fsp3) is 0.0667. The molecule has 2 aromatic rings. The van der Waals surface area contributed by atoms with Crippen LogP contribution in [-0.4, -0.2) is 16.5 Å². The third-order valence-corrected chi connectivity index (χ3v) is 2.92. The van der Waals surface area contributed by atoms with Crippen LogP contribution in [0.3, 0.4) is 0 Å². The van der Waals surface area contributed by atoms with Gasteiger partial charge in [-0.15, -0.1) is 0 Å². The van der Waals surface area contributed by atoms with Crippen LogP contribution >= 0.6 is 0 Å². The van der Waals surface area contributed by atoms with E-state index in [2.05, 4.69) is 0 Å². The van der Waals surface area contributed by atoms with Crippen molar-refractivity contribution in [3.63, 3.8) is 0 Å². The van der Waals surface area contributed by atoms with Crippen molar-refractivity contribution < 1.29 is 14.9 Å². The molecule has 0 saturated carbocycles. The third kappa shape index (κ3) is 1.85. The summed E-state index contributed by atoms with van der Waals surface area (Å²) in [5.74, 6) is 0.611. The SMILES string of the molecule is Oc1ccc2c(c1)O[C@@H](O)C(c1ccccc1)=C2. The second-order valence-electron chi connectivity index (χ2n) is 4.16. The molecule has 0 aromatic heterocycles. The molecule has 2 N–H and O–H groups in total. The molecule has 0 spiro atoms. The summed E-state index contributed by atoms with van der Waals surface area (Å²) >= 11 is 0. The van der Waals surface area contributed by atoms with Crippen molar-refractivity contribution in [1.82, 2.24) is 0 Å². The zero-order valence-corrected chi connectivity index (χ0v) is 9.58. The Balaban J connectivity index is 2.09. The van der Waals surface area contributed by atoms with Crippen LogP contribution in [-0.2, 0) is 0 Å². The lowest BCUT2D eigenvalue weighted by molar-refractivity contribution is 0.0318. The topological polar surface area (TPSA) is 49.7 Å². The second kappa shape index (κ2) is 4.20. The van der Waals surface area contributed by atoms with Crippen molar-refractivity contribution in [2.45, 2.75) is 6.29 Å². The Morgan fingerprint density at radius 3 is 2.56 bits per heavy atom. The van der Waals surface area contributed by atoms with E-state index in [0.29, 0.717) is 11.3 Å². The van der Waals surface area contributed by atoms with Crippen molar-refractivity contribution in [1.29, 1.82) is 0 Å². The number of hydrogen-bond donors (Lipinski definition) is 2. The Morgan fingerprint density at radius 2 is 1.78 bits per heavy atom. The lowest BCUT2D eigenvalue weighted by Gasteiger charge is -2.23. The summed E-state index contributed by atoms with van der Waals surface area (Å²) in [5, 5.41) is 19.4. The number of phenols is 1. The van der Waals surface area contributed by atoms with Gasteiger partial charge in [-0.25, -0.2) is 0 Å². The summed E-state index contributed by atoms with van der Waals surface area (Å²) in [4.78, 5) is 0. The molecule has 1 heterocycles. The quantitative estimate of drug-likeness (QED) is 0.805. The van der Waals surface area contributed by atoms with Crippen LogP contribution in [0.1, 0.15) is 11.1 Å². The number of phenolic OH excluding ortho intramolecular Hbond substituents is 1. The molecule has 1 aliphatic heterocycles. The van der Waals surface area contributed by atoms with Gasteiger partial charge in [-0.05, 0) is 23.8 Å². The zero-order valence-electron chi connectivity index (χ0n) is 9.58. The number of rotatable bonds is 1. The van der Waals surface area contributed by atoms with Gasteiger partial charge in [0, 0.05) is 17.2 Å². The first-order valence-corrected chi connectivity index (χ1v) is 5.69. The molecule has 0 saturated heterocycles. The molecular formula is C15H12O3. The Hall–Kier alpha value is -2.26. The van der Waals surface area contributed by atoms with Gasteiger partial charge in [-0.2, -0.15) is 0 Å². The monoisotopic (exact) mass is 240 g/mol.